The summed E-state index contributed by atoms with van der Waals surface area (Å²) in [6, 6.07) is 12.7. The number of sulfonamides is 1. The Morgan fingerprint density at radius 2 is 1.75 bits per heavy atom. The van der Waals surface area contributed by atoms with Gasteiger partial charge >= 0.3 is 0 Å². The Labute approximate surface area is 214 Å². The summed E-state index contributed by atoms with van der Waals surface area (Å²) in [6.45, 7) is 7.92. The molecule has 0 aromatic heterocycles. The zero-order valence-electron chi connectivity index (χ0n) is 21.8. The summed E-state index contributed by atoms with van der Waals surface area (Å²) in [4.78, 5) is 28.0. The zero-order chi connectivity index (χ0) is 26.9. The number of hydrogen-bond donors (Lipinski definition) is 1. The van der Waals surface area contributed by atoms with Crippen molar-refractivity contribution in [1.82, 2.24) is 10.2 Å². The highest BCUT2D eigenvalue weighted by atomic mass is 32.2. The molecule has 2 aromatic carbocycles. The van der Waals surface area contributed by atoms with E-state index in [0.717, 1.165) is 28.1 Å². The molecule has 9 heteroatoms. The number of nitrogens with one attached hydrogen (secondary N) is 1. The number of halogens is 1. The van der Waals surface area contributed by atoms with Crippen molar-refractivity contribution in [2.24, 2.45) is 0 Å². The fourth-order valence-corrected chi connectivity index (χ4v) is 4.97. The van der Waals surface area contributed by atoms with Crippen LogP contribution in [0.4, 0.5) is 10.1 Å². The number of anilines is 1. The SMILES string of the molecule is CC[C@H](C)NC(=O)[C@H](CC)N(Cc1cccc(C)c1)C(=O)CCCN(c1ccccc1F)S(C)(=O)=O. The minimum Gasteiger partial charge on any atom is -0.352 e. The lowest BCUT2D eigenvalue weighted by Gasteiger charge is -2.32. The monoisotopic (exact) mass is 519 g/mol. The molecular weight excluding hydrogens is 481 g/mol. The Hall–Kier alpha value is -2.94. The lowest BCUT2D eigenvalue weighted by Crippen LogP contribution is -2.50. The third kappa shape index (κ3) is 8.33. The number of carbonyl (C=O) groups is 2. The zero-order valence-corrected chi connectivity index (χ0v) is 22.6. The lowest BCUT2D eigenvalue weighted by molar-refractivity contribution is -0.141. The van der Waals surface area contributed by atoms with E-state index < -0.39 is 21.9 Å². The van der Waals surface area contributed by atoms with Gasteiger partial charge in [0.1, 0.15) is 11.9 Å². The molecule has 2 rings (SSSR count). The van der Waals surface area contributed by atoms with Gasteiger partial charge in [-0.3, -0.25) is 13.9 Å². The van der Waals surface area contributed by atoms with E-state index in [1.54, 1.807) is 11.0 Å². The molecule has 0 aliphatic carbocycles. The van der Waals surface area contributed by atoms with E-state index in [9.17, 15) is 22.4 Å². The first-order valence-electron chi connectivity index (χ1n) is 12.4. The molecule has 0 saturated heterocycles. The second-order valence-corrected chi connectivity index (χ2v) is 11.0. The van der Waals surface area contributed by atoms with Crippen LogP contribution in [0.15, 0.2) is 48.5 Å². The van der Waals surface area contributed by atoms with E-state index in [1.165, 1.54) is 18.2 Å². The second-order valence-electron chi connectivity index (χ2n) is 9.14. The summed E-state index contributed by atoms with van der Waals surface area (Å²) in [5.41, 5.74) is 1.90. The van der Waals surface area contributed by atoms with Gasteiger partial charge in [0.25, 0.3) is 0 Å². The molecule has 0 radical (unpaired) electrons. The Kier molecular flexibility index (Phi) is 10.9. The Bertz CT molecular complexity index is 1140. The highest BCUT2D eigenvalue weighted by Gasteiger charge is 2.29. The van der Waals surface area contributed by atoms with Crippen LogP contribution in [0.3, 0.4) is 0 Å². The van der Waals surface area contributed by atoms with Gasteiger partial charge in [0, 0.05) is 25.6 Å². The molecule has 1 N–H and O–H groups in total. The third-order valence-electron chi connectivity index (χ3n) is 6.10. The summed E-state index contributed by atoms with van der Waals surface area (Å²) >= 11 is 0. The summed E-state index contributed by atoms with van der Waals surface area (Å²) in [5, 5.41) is 2.97. The van der Waals surface area contributed by atoms with E-state index in [4.69, 9.17) is 0 Å². The molecule has 2 aromatic rings. The van der Waals surface area contributed by atoms with Crippen LogP contribution in [-0.2, 0) is 26.2 Å². The van der Waals surface area contributed by atoms with Gasteiger partial charge in [0.15, 0.2) is 0 Å². The van der Waals surface area contributed by atoms with E-state index >= 15 is 0 Å². The van der Waals surface area contributed by atoms with Gasteiger partial charge in [-0.15, -0.1) is 0 Å². The van der Waals surface area contributed by atoms with Crippen molar-refractivity contribution in [3.8, 4) is 0 Å². The summed E-state index contributed by atoms with van der Waals surface area (Å²) in [6.07, 6.45) is 2.40. The van der Waals surface area contributed by atoms with Gasteiger partial charge in [-0.25, -0.2) is 12.8 Å². The second kappa shape index (κ2) is 13.4. The van der Waals surface area contributed by atoms with Crippen molar-refractivity contribution in [2.45, 2.75) is 72.0 Å². The molecule has 7 nitrogen and oxygen atoms in total. The Morgan fingerprint density at radius 1 is 1.06 bits per heavy atom. The first kappa shape index (κ1) is 29.3. The average Bonchev–Trinajstić information content (AvgIpc) is 2.81. The van der Waals surface area contributed by atoms with Crippen molar-refractivity contribution in [3.63, 3.8) is 0 Å². The lowest BCUT2D eigenvalue weighted by atomic mass is 10.1. The van der Waals surface area contributed by atoms with Crippen molar-refractivity contribution in [3.05, 3.63) is 65.5 Å². The fraction of sp³-hybridized carbons (Fsp3) is 0.481. The number of carbonyl (C=O) groups excluding carboxylic acids is 2. The van der Waals surface area contributed by atoms with Gasteiger partial charge < -0.3 is 10.2 Å². The number of rotatable bonds is 13. The molecule has 198 valence electrons. The van der Waals surface area contributed by atoms with Crippen LogP contribution in [0.5, 0.6) is 0 Å². The number of nitrogens with zero attached hydrogens (tertiary/aromatic N) is 2. The third-order valence-corrected chi connectivity index (χ3v) is 7.28. The molecular formula is C27H38FN3O4S. The average molecular weight is 520 g/mol. The number of benzene rings is 2. The first-order chi connectivity index (χ1) is 17.0. The number of para-hydroxylation sites is 1. The highest BCUT2D eigenvalue weighted by molar-refractivity contribution is 7.92. The van der Waals surface area contributed by atoms with Crippen molar-refractivity contribution in [1.29, 1.82) is 0 Å². The molecule has 0 spiro atoms. The predicted octanol–water partition coefficient (Wildman–Crippen LogP) is 4.40. The van der Waals surface area contributed by atoms with Crippen LogP contribution in [-0.4, -0.2) is 50.0 Å². The molecule has 0 aliphatic rings. The smallest absolute Gasteiger partial charge is 0.243 e. The Morgan fingerprint density at radius 3 is 2.33 bits per heavy atom. The summed E-state index contributed by atoms with van der Waals surface area (Å²) < 4.78 is 40.0. The minimum atomic E-state index is -3.76. The summed E-state index contributed by atoms with van der Waals surface area (Å²) in [5.74, 6) is -1.12. The van der Waals surface area contributed by atoms with Gasteiger partial charge in [-0.2, -0.15) is 0 Å². The number of hydrogen-bond acceptors (Lipinski definition) is 4. The van der Waals surface area contributed by atoms with Crippen molar-refractivity contribution >= 4 is 27.5 Å². The number of aryl methyl sites for hydroxylation is 1. The van der Waals surface area contributed by atoms with Crippen LogP contribution >= 0.6 is 0 Å². The first-order valence-corrected chi connectivity index (χ1v) is 14.2. The molecule has 36 heavy (non-hydrogen) atoms. The highest BCUT2D eigenvalue weighted by Crippen LogP contribution is 2.22. The number of amides is 2. The topological polar surface area (TPSA) is 86.8 Å². The molecule has 0 aliphatic heterocycles. The standard InChI is InChI=1S/C27H38FN3O4S/c1-6-21(4)29-27(33)24(7-2)30(19-22-13-10-12-20(3)18-22)26(32)16-11-17-31(36(5,34)35)25-15-9-8-14-23(25)28/h8-10,12-15,18,21,24H,6-7,11,16-17,19H2,1-5H3,(H,29,33)/t21-,24-/m0/s1. The largest absolute Gasteiger partial charge is 0.352 e. The maximum atomic E-state index is 14.3. The molecule has 2 amide bonds. The van der Waals surface area contributed by atoms with E-state index in [-0.39, 0.29) is 49.5 Å². The van der Waals surface area contributed by atoms with Gasteiger partial charge in [-0.05, 0) is 50.8 Å². The van der Waals surface area contributed by atoms with Crippen molar-refractivity contribution in [2.75, 3.05) is 17.1 Å². The molecule has 0 heterocycles. The van der Waals surface area contributed by atoms with Crippen LogP contribution < -0.4 is 9.62 Å². The fourth-order valence-electron chi connectivity index (χ4n) is 4.00. The van der Waals surface area contributed by atoms with Crippen LogP contribution in [0.25, 0.3) is 0 Å². The van der Waals surface area contributed by atoms with E-state index in [0.29, 0.717) is 6.42 Å². The Balaban J connectivity index is 2.24. The van der Waals surface area contributed by atoms with Crippen LogP contribution in [0.1, 0.15) is 57.6 Å². The van der Waals surface area contributed by atoms with E-state index in [2.05, 4.69) is 5.32 Å². The maximum absolute atomic E-state index is 14.3. The van der Waals surface area contributed by atoms with Gasteiger partial charge in [0.05, 0.1) is 11.9 Å². The predicted molar refractivity (Wildman–Crippen MR) is 142 cm³/mol. The molecule has 0 bridgehead atoms. The van der Waals surface area contributed by atoms with Crippen LogP contribution in [0.2, 0.25) is 0 Å². The quantitative estimate of drug-likeness (QED) is 0.425. The van der Waals surface area contributed by atoms with Crippen LogP contribution in [0, 0.1) is 12.7 Å². The molecule has 2 atom stereocenters. The molecule has 0 saturated carbocycles. The van der Waals surface area contributed by atoms with Gasteiger partial charge in [0.2, 0.25) is 21.8 Å². The van der Waals surface area contributed by atoms with E-state index in [1.807, 2.05) is 52.0 Å². The minimum absolute atomic E-state index is 0.0133. The molecule has 0 fully saturated rings. The van der Waals surface area contributed by atoms with Crippen molar-refractivity contribution < 1.29 is 22.4 Å². The van der Waals surface area contributed by atoms with Gasteiger partial charge in [-0.1, -0.05) is 55.8 Å². The molecule has 0 unspecified atom stereocenters. The summed E-state index contributed by atoms with van der Waals surface area (Å²) in [7, 11) is -3.76. The normalized spacial score (nSPS) is 13.1. The maximum Gasteiger partial charge on any atom is 0.243 e.